The molecule has 0 aliphatic carbocycles. The highest BCUT2D eigenvalue weighted by Gasteiger charge is 2.46. The zero-order valence-electron chi connectivity index (χ0n) is 15.3. The van der Waals surface area contributed by atoms with E-state index >= 15 is 0 Å². The summed E-state index contributed by atoms with van der Waals surface area (Å²) in [7, 11) is -5.37. The second kappa shape index (κ2) is 8.68. The highest BCUT2D eigenvalue weighted by molar-refractivity contribution is 7.90. The minimum Gasteiger partial charge on any atom is -0.454 e. The molecule has 1 atom stereocenters. The standard InChI is InChI=1S/C19H20F4N2O3S/c20-17-9-8-14(11-18(17)28-16-6-2-1-3-7-16)13-25-10-4-5-15(25)12-24-29(26,27)19(21,22)23/h1-3,6-9,11,15,24H,4-5,10,12-13H2/t15-/m0/s1. The van der Waals surface area contributed by atoms with Gasteiger partial charge in [0.25, 0.3) is 0 Å². The van der Waals surface area contributed by atoms with Gasteiger partial charge in [-0.15, -0.1) is 0 Å². The Bertz CT molecular complexity index is 936. The first-order valence-electron chi connectivity index (χ1n) is 8.97. The summed E-state index contributed by atoms with van der Waals surface area (Å²) >= 11 is 0. The van der Waals surface area contributed by atoms with Gasteiger partial charge in [-0.25, -0.2) is 17.5 Å². The first-order valence-corrected chi connectivity index (χ1v) is 10.5. The van der Waals surface area contributed by atoms with Crippen LogP contribution in [0.2, 0.25) is 0 Å². The number of hydrogen-bond donors (Lipinski definition) is 1. The third kappa shape index (κ3) is 5.46. The average molecular weight is 432 g/mol. The number of para-hydroxylation sites is 1. The summed E-state index contributed by atoms with van der Waals surface area (Å²) in [5, 5.41) is 0. The molecule has 0 bridgehead atoms. The SMILES string of the molecule is O=S(=O)(NC[C@@H]1CCCN1Cc1ccc(F)c(Oc2ccccc2)c1)C(F)(F)F. The normalized spacial score (nSPS) is 18.1. The Morgan fingerprint density at radius 1 is 1.14 bits per heavy atom. The monoisotopic (exact) mass is 432 g/mol. The molecule has 158 valence electrons. The van der Waals surface area contributed by atoms with Gasteiger partial charge in [-0.05, 0) is 49.2 Å². The quantitative estimate of drug-likeness (QED) is 0.672. The smallest absolute Gasteiger partial charge is 0.454 e. The van der Waals surface area contributed by atoms with E-state index in [2.05, 4.69) is 0 Å². The fourth-order valence-electron chi connectivity index (χ4n) is 3.20. The van der Waals surface area contributed by atoms with Crippen LogP contribution in [0.3, 0.4) is 0 Å². The molecule has 1 aliphatic rings. The second-order valence-electron chi connectivity index (χ2n) is 6.74. The Kier molecular flexibility index (Phi) is 6.45. The predicted molar refractivity (Wildman–Crippen MR) is 99.3 cm³/mol. The minimum atomic E-state index is -5.37. The van der Waals surface area contributed by atoms with Gasteiger partial charge in [0, 0.05) is 19.1 Å². The predicted octanol–water partition coefficient (Wildman–Crippen LogP) is 4.02. The fraction of sp³-hybridized carbons (Fsp3) is 0.368. The van der Waals surface area contributed by atoms with Crippen LogP contribution in [0.25, 0.3) is 0 Å². The first-order chi connectivity index (χ1) is 13.7. The number of likely N-dealkylation sites (tertiary alicyclic amines) is 1. The largest absolute Gasteiger partial charge is 0.511 e. The van der Waals surface area contributed by atoms with Gasteiger partial charge in [0.2, 0.25) is 0 Å². The van der Waals surface area contributed by atoms with E-state index in [9.17, 15) is 26.0 Å². The van der Waals surface area contributed by atoms with Gasteiger partial charge in [0.05, 0.1) is 0 Å². The van der Waals surface area contributed by atoms with E-state index in [0.717, 1.165) is 6.42 Å². The van der Waals surface area contributed by atoms with Crippen LogP contribution < -0.4 is 9.46 Å². The molecule has 0 saturated carbocycles. The van der Waals surface area contributed by atoms with Gasteiger partial charge in [-0.2, -0.15) is 13.2 Å². The van der Waals surface area contributed by atoms with Crippen LogP contribution in [-0.2, 0) is 16.6 Å². The third-order valence-corrected chi connectivity index (χ3v) is 5.82. The lowest BCUT2D eigenvalue weighted by Gasteiger charge is -2.25. The lowest BCUT2D eigenvalue weighted by atomic mass is 10.1. The van der Waals surface area contributed by atoms with Crippen LogP contribution in [0.4, 0.5) is 17.6 Å². The third-order valence-electron chi connectivity index (χ3n) is 4.67. The van der Waals surface area contributed by atoms with E-state index in [1.165, 1.54) is 12.1 Å². The van der Waals surface area contributed by atoms with Gasteiger partial charge >= 0.3 is 15.5 Å². The summed E-state index contributed by atoms with van der Waals surface area (Å²) in [5.74, 6) is -0.0140. The number of sulfonamides is 1. The number of nitrogens with zero attached hydrogens (tertiary/aromatic N) is 1. The summed E-state index contributed by atoms with van der Waals surface area (Å²) in [4.78, 5) is 1.87. The Hall–Kier alpha value is -2.17. The Morgan fingerprint density at radius 2 is 1.86 bits per heavy atom. The minimum absolute atomic E-state index is 0.0437. The molecule has 2 aromatic carbocycles. The molecule has 0 aromatic heterocycles. The van der Waals surface area contributed by atoms with Crippen LogP contribution in [0.1, 0.15) is 18.4 Å². The molecule has 1 heterocycles. The van der Waals surface area contributed by atoms with E-state index in [1.54, 1.807) is 41.1 Å². The molecule has 5 nitrogen and oxygen atoms in total. The molecule has 0 spiro atoms. The van der Waals surface area contributed by atoms with E-state index in [1.807, 2.05) is 4.90 Å². The maximum absolute atomic E-state index is 14.1. The number of alkyl halides is 3. The summed E-state index contributed by atoms with van der Waals surface area (Å²) in [6.07, 6.45) is 1.29. The Morgan fingerprint density at radius 3 is 2.55 bits per heavy atom. The number of halogens is 4. The molecule has 0 amide bonds. The van der Waals surface area contributed by atoms with E-state index < -0.39 is 21.3 Å². The molecule has 1 saturated heterocycles. The summed E-state index contributed by atoms with van der Waals surface area (Å²) < 4.78 is 81.2. The summed E-state index contributed by atoms with van der Waals surface area (Å²) in [6, 6.07) is 12.7. The van der Waals surface area contributed by atoms with Gasteiger partial charge in [-0.3, -0.25) is 4.90 Å². The molecular formula is C19H20F4N2O3S. The molecule has 1 N–H and O–H groups in total. The Labute approximate surface area is 166 Å². The number of hydrogen-bond acceptors (Lipinski definition) is 4. The molecule has 0 unspecified atom stereocenters. The topological polar surface area (TPSA) is 58.6 Å². The van der Waals surface area contributed by atoms with Crippen LogP contribution >= 0.6 is 0 Å². The van der Waals surface area contributed by atoms with Crippen LogP contribution in [0.5, 0.6) is 11.5 Å². The number of rotatable bonds is 7. The van der Waals surface area contributed by atoms with E-state index in [4.69, 9.17) is 4.74 Å². The summed E-state index contributed by atoms with van der Waals surface area (Å²) in [5.41, 5.74) is -4.63. The molecule has 10 heteroatoms. The molecule has 2 aromatic rings. The zero-order chi connectivity index (χ0) is 21.1. The molecular weight excluding hydrogens is 412 g/mol. The van der Waals surface area contributed by atoms with Crippen molar-refractivity contribution in [2.45, 2.75) is 30.9 Å². The van der Waals surface area contributed by atoms with Crippen molar-refractivity contribution < 1.29 is 30.7 Å². The zero-order valence-corrected chi connectivity index (χ0v) is 16.1. The number of ether oxygens (including phenoxy) is 1. The Balaban J connectivity index is 1.66. The lowest BCUT2D eigenvalue weighted by molar-refractivity contribution is -0.0448. The molecule has 1 aliphatic heterocycles. The number of benzene rings is 2. The van der Waals surface area contributed by atoms with Crippen molar-refractivity contribution >= 4 is 10.0 Å². The van der Waals surface area contributed by atoms with Crippen LogP contribution in [0, 0.1) is 5.82 Å². The summed E-state index contributed by atoms with van der Waals surface area (Å²) in [6.45, 7) is 0.602. The fourth-order valence-corrected chi connectivity index (χ4v) is 3.77. The first kappa shape index (κ1) is 21.5. The lowest BCUT2D eigenvalue weighted by Crippen LogP contribution is -2.44. The van der Waals surface area contributed by atoms with E-state index in [-0.39, 0.29) is 18.3 Å². The molecule has 3 rings (SSSR count). The van der Waals surface area contributed by atoms with Gasteiger partial charge < -0.3 is 4.74 Å². The van der Waals surface area contributed by atoms with Crippen molar-refractivity contribution in [2.24, 2.45) is 0 Å². The maximum Gasteiger partial charge on any atom is 0.511 e. The van der Waals surface area contributed by atoms with Crippen LogP contribution in [-0.4, -0.2) is 38.0 Å². The van der Waals surface area contributed by atoms with Crippen molar-refractivity contribution in [3.63, 3.8) is 0 Å². The molecule has 1 fully saturated rings. The van der Waals surface area contributed by atoms with Crippen molar-refractivity contribution in [1.29, 1.82) is 0 Å². The van der Waals surface area contributed by atoms with Gasteiger partial charge in [-0.1, -0.05) is 24.3 Å². The molecule has 0 radical (unpaired) electrons. The van der Waals surface area contributed by atoms with E-state index in [0.29, 0.717) is 30.8 Å². The average Bonchev–Trinajstić information content (AvgIpc) is 3.10. The van der Waals surface area contributed by atoms with Crippen molar-refractivity contribution in [1.82, 2.24) is 9.62 Å². The molecule has 29 heavy (non-hydrogen) atoms. The maximum atomic E-state index is 14.1. The van der Waals surface area contributed by atoms with Crippen LogP contribution in [0.15, 0.2) is 48.5 Å². The number of nitrogens with one attached hydrogen (secondary N) is 1. The highest BCUT2D eigenvalue weighted by atomic mass is 32.2. The van der Waals surface area contributed by atoms with Crippen molar-refractivity contribution in [3.05, 3.63) is 59.9 Å². The van der Waals surface area contributed by atoms with Gasteiger partial charge in [0.1, 0.15) is 5.75 Å². The van der Waals surface area contributed by atoms with Crippen molar-refractivity contribution in [3.8, 4) is 11.5 Å². The highest BCUT2D eigenvalue weighted by Crippen LogP contribution is 2.28. The van der Waals surface area contributed by atoms with Gasteiger partial charge in [0.15, 0.2) is 11.6 Å². The second-order valence-corrected chi connectivity index (χ2v) is 8.50. The van der Waals surface area contributed by atoms with Crippen molar-refractivity contribution in [2.75, 3.05) is 13.1 Å².